The molecule has 0 aromatic rings. The molecule has 0 bridgehead atoms. The van der Waals surface area contributed by atoms with Gasteiger partial charge >= 0.3 is 5.97 Å². The van der Waals surface area contributed by atoms with Gasteiger partial charge in [-0.3, -0.25) is 0 Å². The van der Waals surface area contributed by atoms with Gasteiger partial charge < -0.3 is 82.5 Å². The summed E-state index contributed by atoms with van der Waals surface area (Å²) in [5.74, 6) is -5.32. The van der Waals surface area contributed by atoms with Crippen molar-refractivity contribution < 1.29 is 87.3 Å². The number of rotatable bonds is 34. The van der Waals surface area contributed by atoms with Crippen LogP contribution in [0.15, 0.2) is 0 Å². The molecule has 0 aliphatic carbocycles. The number of hydrogen-bond acceptors (Lipinski definition) is 17. The first-order valence-electron chi connectivity index (χ1n) is 16.6. The van der Waals surface area contributed by atoms with Gasteiger partial charge in [0.1, 0.15) is 18.0 Å². The van der Waals surface area contributed by atoms with Gasteiger partial charge in [0.2, 0.25) is 0 Å². The van der Waals surface area contributed by atoms with E-state index in [1.807, 2.05) is 0 Å². The Kier molecular flexibility index (Phi) is 26.7. The average molecular weight is 727 g/mol. The predicted octanol–water partition coefficient (Wildman–Crippen LogP) is -2.54. The Balaban J connectivity index is 2.02. The third kappa shape index (κ3) is 21.0. The number of carboxylic acids is 1. The molecule has 290 valence electrons. The summed E-state index contributed by atoms with van der Waals surface area (Å²) in [5.41, 5.74) is -0.399. The topological polar surface area (TPSA) is 245 Å². The molecule has 1 saturated heterocycles. The molecule has 5 N–H and O–H groups in total. The highest BCUT2D eigenvalue weighted by molar-refractivity contribution is 6.57. The van der Waals surface area contributed by atoms with Crippen LogP contribution in [0.4, 0.5) is 0 Å². The van der Waals surface area contributed by atoms with Crippen molar-refractivity contribution in [3.8, 4) is 0 Å². The fourth-order valence-corrected chi connectivity index (χ4v) is 4.61. The van der Waals surface area contributed by atoms with Crippen LogP contribution >= 0.6 is 0 Å². The van der Waals surface area contributed by atoms with Crippen molar-refractivity contribution in [2.75, 3.05) is 119 Å². The second-order valence-electron chi connectivity index (χ2n) is 11.2. The zero-order valence-electron chi connectivity index (χ0n) is 28.9. The standard InChI is InChI=1S/C31H55BO18/c1-23(34)20-24-25(35)21-31(30(39)40,50-29(24)28(38)26(36)22-33)49-19-18-48-17-16-47-15-14-46-13-12-45-11-10-44-9-8-43-7-6-42-5-4-41-3-2-27(32)37/h24-26,28-29,33,35-36,38H,2-22H2,1H3,(H,39,40). The van der Waals surface area contributed by atoms with E-state index in [2.05, 4.69) is 0 Å². The third-order valence-corrected chi connectivity index (χ3v) is 7.15. The van der Waals surface area contributed by atoms with Crippen molar-refractivity contribution in [2.24, 2.45) is 5.92 Å². The van der Waals surface area contributed by atoms with Crippen LogP contribution in [0.5, 0.6) is 0 Å². The molecule has 6 unspecified atom stereocenters. The fraction of sp³-hybridized carbons (Fsp3) is 0.903. The summed E-state index contributed by atoms with van der Waals surface area (Å²) in [7, 11) is 5.01. The van der Waals surface area contributed by atoms with Gasteiger partial charge in [-0.05, 0) is 6.92 Å². The monoisotopic (exact) mass is 726 g/mol. The molecule has 18 nitrogen and oxygen atoms in total. The number of aliphatic hydroxyl groups excluding tert-OH is 4. The van der Waals surface area contributed by atoms with Crippen molar-refractivity contribution >= 4 is 25.3 Å². The summed E-state index contributed by atoms with van der Waals surface area (Å²) in [6.07, 6.45) is -6.99. The van der Waals surface area contributed by atoms with Crippen LogP contribution in [0.3, 0.4) is 0 Å². The normalized spacial score (nSPS) is 22.0. The van der Waals surface area contributed by atoms with E-state index in [1.54, 1.807) is 0 Å². The van der Waals surface area contributed by atoms with Crippen LogP contribution in [0, 0.1) is 5.92 Å². The zero-order valence-corrected chi connectivity index (χ0v) is 28.9. The molecule has 1 aliphatic rings. The Morgan fingerprint density at radius 1 is 0.720 bits per heavy atom. The van der Waals surface area contributed by atoms with Crippen LogP contribution in [-0.2, 0) is 61.8 Å². The smallest absolute Gasteiger partial charge is 0.364 e. The maximum atomic E-state index is 12.1. The fourth-order valence-electron chi connectivity index (χ4n) is 4.61. The lowest BCUT2D eigenvalue weighted by Gasteiger charge is -2.46. The van der Waals surface area contributed by atoms with E-state index < -0.39 is 60.8 Å². The number of aliphatic hydroxyl groups is 4. The number of carbonyl (C=O) groups excluding carboxylic acids is 2. The minimum atomic E-state index is -2.37. The molecule has 1 heterocycles. The number of ketones is 1. The molecule has 1 fully saturated rings. The number of aliphatic carboxylic acids is 1. The zero-order chi connectivity index (χ0) is 37.0. The van der Waals surface area contributed by atoms with E-state index in [-0.39, 0.29) is 51.7 Å². The SMILES string of the molecule is [B]C(=O)CCOCCOCCOCCOCCOCCOCCOCCOCCOC1(C(=O)O)CC(O)C(CC(C)=O)C(C(O)C(O)CO)O1. The lowest BCUT2D eigenvalue weighted by Crippen LogP contribution is -2.62. The maximum absolute atomic E-state index is 12.1. The number of ether oxygens (including phenoxy) is 10. The molecule has 2 radical (unpaired) electrons. The molecule has 50 heavy (non-hydrogen) atoms. The van der Waals surface area contributed by atoms with Gasteiger partial charge in [0, 0.05) is 25.2 Å². The predicted molar refractivity (Wildman–Crippen MR) is 172 cm³/mol. The van der Waals surface area contributed by atoms with Crippen LogP contribution in [0.25, 0.3) is 0 Å². The number of carboxylic acid groups (broad SMARTS) is 1. The summed E-state index contributed by atoms with van der Waals surface area (Å²) < 4.78 is 54.0. The quantitative estimate of drug-likeness (QED) is 0.0339. The molecule has 0 aromatic heterocycles. The van der Waals surface area contributed by atoms with E-state index in [0.717, 1.165) is 0 Å². The number of Topliss-reactive ketones (excluding diaryl/α,β-unsaturated/α-hetero) is 1. The van der Waals surface area contributed by atoms with Crippen LogP contribution in [-0.4, -0.2) is 200 Å². The second-order valence-corrected chi connectivity index (χ2v) is 11.2. The largest absolute Gasteiger partial charge is 0.477 e. The first-order chi connectivity index (χ1) is 24.0. The summed E-state index contributed by atoms with van der Waals surface area (Å²) in [6.45, 7) is 5.61. The van der Waals surface area contributed by atoms with E-state index in [4.69, 9.17) is 55.2 Å². The van der Waals surface area contributed by atoms with E-state index >= 15 is 0 Å². The second kappa shape index (κ2) is 28.8. The van der Waals surface area contributed by atoms with E-state index in [0.29, 0.717) is 79.3 Å². The molecule has 19 heteroatoms. The molecule has 1 aliphatic heterocycles. The van der Waals surface area contributed by atoms with Crippen LogP contribution in [0.2, 0.25) is 0 Å². The van der Waals surface area contributed by atoms with Crippen molar-refractivity contribution in [3.63, 3.8) is 0 Å². The Morgan fingerprint density at radius 3 is 1.44 bits per heavy atom. The van der Waals surface area contributed by atoms with Crippen molar-refractivity contribution in [3.05, 3.63) is 0 Å². The van der Waals surface area contributed by atoms with Gasteiger partial charge in [-0.25, -0.2) is 4.79 Å². The van der Waals surface area contributed by atoms with Gasteiger partial charge in [-0.2, -0.15) is 0 Å². The highest BCUT2D eigenvalue weighted by atomic mass is 16.7. The highest BCUT2D eigenvalue weighted by Crippen LogP contribution is 2.38. The van der Waals surface area contributed by atoms with Crippen LogP contribution < -0.4 is 0 Å². The first kappa shape index (κ1) is 46.3. The highest BCUT2D eigenvalue weighted by Gasteiger charge is 2.55. The third-order valence-electron chi connectivity index (χ3n) is 7.15. The summed E-state index contributed by atoms with van der Waals surface area (Å²) >= 11 is 0. The summed E-state index contributed by atoms with van der Waals surface area (Å²) in [4.78, 5) is 34.4. The molecular weight excluding hydrogens is 671 g/mol. The Hall–Kier alpha value is -1.69. The van der Waals surface area contributed by atoms with Gasteiger partial charge in [0.15, 0.2) is 7.85 Å². The summed E-state index contributed by atoms with van der Waals surface area (Å²) in [5, 5.41) is 50.1. The number of hydrogen-bond donors (Lipinski definition) is 5. The molecule has 0 saturated carbocycles. The Bertz CT molecular complexity index is 900. The van der Waals surface area contributed by atoms with Crippen molar-refractivity contribution in [1.29, 1.82) is 0 Å². The first-order valence-corrected chi connectivity index (χ1v) is 16.6. The van der Waals surface area contributed by atoms with Gasteiger partial charge in [0.05, 0.1) is 137 Å². The summed E-state index contributed by atoms with van der Waals surface area (Å²) in [6, 6.07) is 0. The van der Waals surface area contributed by atoms with Crippen molar-refractivity contribution in [2.45, 2.75) is 56.4 Å². The maximum Gasteiger partial charge on any atom is 0.364 e. The van der Waals surface area contributed by atoms with Crippen LogP contribution in [0.1, 0.15) is 26.2 Å². The molecule has 0 aromatic carbocycles. The lowest BCUT2D eigenvalue weighted by atomic mass is 9.80. The van der Waals surface area contributed by atoms with E-state index in [9.17, 15) is 39.9 Å². The van der Waals surface area contributed by atoms with Gasteiger partial charge in [-0.15, -0.1) is 0 Å². The molecular formula is C31H55BO18. The molecule has 6 atom stereocenters. The van der Waals surface area contributed by atoms with Crippen molar-refractivity contribution in [1.82, 2.24) is 0 Å². The van der Waals surface area contributed by atoms with Gasteiger partial charge in [-0.1, -0.05) is 0 Å². The minimum Gasteiger partial charge on any atom is -0.477 e. The number of carbonyl (C=O) groups is 3. The Morgan fingerprint density at radius 2 is 1.10 bits per heavy atom. The molecule has 1 rings (SSSR count). The molecule has 0 spiro atoms. The average Bonchev–Trinajstić information content (AvgIpc) is 3.07. The lowest BCUT2D eigenvalue weighted by molar-refractivity contribution is -0.320. The van der Waals surface area contributed by atoms with E-state index in [1.165, 1.54) is 6.92 Å². The molecule has 0 amide bonds. The minimum absolute atomic E-state index is 0.0420. The van der Waals surface area contributed by atoms with Gasteiger partial charge in [0.25, 0.3) is 5.79 Å². The Labute approximate surface area is 293 Å².